The van der Waals surface area contributed by atoms with Gasteiger partial charge in [0.1, 0.15) is 17.1 Å². The molecule has 0 bridgehead atoms. The van der Waals surface area contributed by atoms with Crippen LogP contribution in [0.25, 0.3) is 6.08 Å². The Morgan fingerprint density at radius 2 is 2.15 bits per heavy atom. The molecule has 1 aliphatic heterocycles. The van der Waals surface area contributed by atoms with Gasteiger partial charge >= 0.3 is 5.97 Å². The topological polar surface area (TPSA) is 44.8 Å². The highest BCUT2D eigenvalue weighted by Crippen LogP contribution is 2.44. The molecule has 2 rings (SSSR count). The second-order valence-corrected chi connectivity index (χ2v) is 5.33. The molecule has 0 aliphatic carbocycles. The lowest BCUT2D eigenvalue weighted by atomic mass is 9.95. The molecule has 0 spiro atoms. The van der Waals surface area contributed by atoms with Crippen molar-refractivity contribution in [2.45, 2.75) is 25.9 Å². The lowest BCUT2D eigenvalue weighted by Crippen LogP contribution is -2.35. The van der Waals surface area contributed by atoms with Gasteiger partial charge in [-0.1, -0.05) is 11.6 Å². The van der Waals surface area contributed by atoms with E-state index in [1.165, 1.54) is 7.11 Å². The highest BCUT2D eigenvalue weighted by Gasteiger charge is 2.33. The van der Waals surface area contributed by atoms with Crippen LogP contribution < -0.4 is 9.47 Å². The number of ether oxygens (including phenoxy) is 3. The van der Waals surface area contributed by atoms with Gasteiger partial charge in [0, 0.05) is 0 Å². The highest BCUT2D eigenvalue weighted by atomic mass is 35.5. The van der Waals surface area contributed by atoms with Gasteiger partial charge in [-0.25, -0.2) is 0 Å². The van der Waals surface area contributed by atoms with E-state index in [1.54, 1.807) is 7.11 Å². The summed E-state index contributed by atoms with van der Waals surface area (Å²) in [5, 5.41) is 0.529. The molecular formula is C15H17ClO4. The van der Waals surface area contributed by atoms with Crippen LogP contribution in [-0.4, -0.2) is 25.8 Å². The number of carbonyl (C=O) groups is 1. The van der Waals surface area contributed by atoms with E-state index >= 15 is 0 Å². The van der Waals surface area contributed by atoms with Gasteiger partial charge in [-0.2, -0.15) is 0 Å². The molecule has 1 aromatic carbocycles. The van der Waals surface area contributed by atoms with Crippen molar-refractivity contribution in [3.63, 3.8) is 0 Å². The predicted molar refractivity (Wildman–Crippen MR) is 77.4 cm³/mol. The number of rotatable bonds is 3. The highest BCUT2D eigenvalue weighted by molar-refractivity contribution is 6.33. The van der Waals surface area contributed by atoms with Gasteiger partial charge in [-0.3, -0.25) is 4.79 Å². The minimum atomic E-state index is -0.775. The van der Waals surface area contributed by atoms with Crippen molar-refractivity contribution in [3.8, 4) is 11.5 Å². The molecule has 1 aromatic rings. The first kappa shape index (κ1) is 14.7. The normalized spacial score (nSPS) is 20.1. The molecule has 20 heavy (non-hydrogen) atoms. The Bertz CT molecular complexity index is 580. The summed E-state index contributed by atoms with van der Waals surface area (Å²) in [6.45, 7) is 3.69. The van der Waals surface area contributed by atoms with Crippen LogP contribution in [0.3, 0.4) is 0 Å². The van der Waals surface area contributed by atoms with Crippen LogP contribution in [0.2, 0.25) is 5.02 Å². The van der Waals surface area contributed by atoms with Crippen LogP contribution in [0.15, 0.2) is 12.1 Å². The predicted octanol–water partition coefficient (Wildman–Crippen LogP) is 3.38. The van der Waals surface area contributed by atoms with Gasteiger partial charge in [0.15, 0.2) is 0 Å². The summed E-state index contributed by atoms with van der Waals surface area (Å²) in [7, 11) is 2.95. The second kappa shape index (κ2) is 5.37. The molecule has 0 saturated carbocycles. The maximum Gasteiger partial charge on any atom is 0.309 e. The molecule has 1 unspecified atom stereocenters. The number of benzene rings is 1. The van der Waals surface area contributed by atoms with Gasteiger partial charge in [-0.15, -0.1) is 0 Å². The zero-order valence-electron chi connectivity index (χ0n) is 12.0. The average Bonchev–Trinajstić information content (AvgIpc) is 2.42. The van der Waals surface area contributed by atoms with E-state index in [2.05, 4.69) is 0 Å². The fraction of sp³-hybridized carbons (Fsp3) is 0.400. The minimum absolute atomic E-state index is 0.117. The number of aryl methyl sites for hydroxylation is 1. The van der Waals surface area contributed by atoms with Crippen LogP contribution in [0.1, 0.15) is 24.5 Å². The summed E-state index contributed by atoms with van der Waals surface area (Å²) in [4.78, 5) is 11.5. The molecule has 0 N–H and O–H groups in total. The van der Waals surface area contributed by atoms with E-state index in [0.29, 0.717) is 16.5 Å². The first-order valence-electron chi connectivity index (χ1n) is 6.22. The number of halogens is 1. The molecule has 0 radical (unpaired) electrons. The molecule has 0 saturated heterocycles. The van der Waals surface area contributed by atoms with Crippen molar-refractivity contribution in [2.75, 3.05) is 14.2 Å². The largest absolute Gasteiger partial charge is 0.496 e. The molecule has 0 aromatic heterocycles. The smallest absolute Gasteiger partial charge is 0.309 e. The summed E-state index contributed by atoms with van der Waals surface area (Å²) in [6, 6.07) is 1.86. The number of fused-ring (bicyclic) bond motifs is 1. The van der Waals surface area contributed by atoms with Gasteiger partial charge in [0.05, 0.1) is 31.2 Å². The summed E-state index contributed by atoms with van der Waals surface area (Å²) in [5.41, 5.74) is 0.867. The number of hydrogen-bond donors (Lipinski definition) is 0. The Morgan fingerprint density at radius 3 is 2.75 bits per heavy atom. The van der Waals surface area contributed by atoms with Crippen LogP contribution in [-0.2, 0) is 9.53 Å². The first-order valence-corrected chi connectivity index (χ1v) is 6.60. The molecule has 108 valence electrons. The van der Waals surface area contributed by atoms with Gasteiger partial charge < -0.3 is 14.2 Å². The average molecular weight is 297 g/mol. The van der Waals surface area contributed by atoms with Crippen LogP contribution in [0.4, 0.5) is 0 Å². The Kier molecular flexibility index (Phi) is 3.95. The van der Waals surface area contributed by atoms with Crippen molar-refractivity contribution in [1.82, 2.24) is 0 Å². The van der Waals surface area contributed by atoms with Gasteiger partial charge in [-0.05, 0) is 37.6 Å². The monoisotopic (exact) mass is 296 g/mol. The molecule has 1 aliphatic rings. The lowest BCUT2D eigenvalue weighted by molar-refractivity contribution is -0.143. The lowest BCUT2D eigenvalue weighted by Gasteiger charge is -2.32. The quantitative estimate of drug-likeness (QED) is 0.802. The molecular weight excluding hydrogens is 280 g/mol. The first-order chi connectivity index (χ1) is 9.40. The molecule has 5 heteroatoms. The minimum Gasteiger partial charge on any atom is -0.496 e. The van der Waals surface area contributed by atoms with E-state index in [-0.39, 0.29) is 12.4 Å². The Labute approximate surface area is 123 Å². The summed E-state index contributed by atoms with van der Waals surface area (Å²) in [6.07, 6.45) is 3.80. The van der Waals surface area contributed by atoms with Gasteiger partial charge in [0.25, 0.3) is 0 Å². The molecule has 0 amide bonds. The molecule has 0 fully saturated rings. The maximum absolute atomic E-state index is 11.5. The maximum atomic E-state index is 11.5. The summed E-state index contributed by atoms with van der Waals surface area (Å²) >= 11 is 6.31. The third kappa shape index (κ3) is 2.61. The number of esters is 1. The van der Waals surface area contributed by atoms with E-state index in [4.69, 9.17) is 25.8 Å². The van der Waals surface area contributed by atoms with Crippen molar-refractivity contribution in [3.05, 3.63) is 28.3 Å². The summed E-state index contributed by atoms with van der Waals surface area (Å²) in [5.74, 6) is 0.895. The molecule has 4 nitrogen and oxygen atoms in total. The van der Waals surface area contributed by atoms with E-state index in [1.807, 2.05) is 32.1 Å². The Hall–Kier alpha value is -1.68. The van der Waals surface area contributed by atoms with E-state index in [0.717, 1.165) is 11.1 Å². The zero-order valence-corrected chi connectivity index (χ0v) is 12.7. The number of carbonyl (C=O) groups excluding carboxylic acids is 1. The van der Waals surface area contributed by atoms with Crippen molar-refractivity contribution in [1.29, 1.82) is 0 Å². The summed E-state index contributed by atoms with van der Waals surface area (Å²) < 4.78 is 16.0. The van der Waals surface area contributed by atoms with Crippen LogP contribution >= 0.6 is 11.6 Å². The fourth-order valence-electron chi connectivity index (χ4n) is 2.15. The SMILES string of the molecule is COC(=O)CC1(C)C=Cc2c(OC)cc(C)c(Cl)c2O1. The Morgan fingerprint density at radius 1 is 1.45 bits per heavy atom. The van der Waals surface area contributed by atoms with Crippen LogP contribution in [0, 0.1) is 6.92 Å². The van der Waals surface area contributed by atoms with Crippen molar-refractivity contribution in [2.24, 2.45) is 0 Å². The third-order valence-electron chi connectivity index (χ3n) is 3.28. The zero-order chi connectivity index (χ0) is 14.9. The fourth-order valence-corrected chi connectivity index (χ4v) is 2.35. The third-order valence-corrected chi connectivity index (χ3v) is 3.75. The number of methoxy groups -OCH3 is 2. The standard InChI is InChI=1S/C15H17ClO4/c1-9-7-11(18-3)10-5-6-15(2,8-12(17)19-4)20-14(10)13(9)16/h5-7H,8H2,1-4H3. The van der Waals surface area contributed by atoms with Crippen LogP contribution in [0.5, 0.6) is 11.5 Å². The number of hydrogen-bond acceptors (Lipinski definition) is 4. The van der Waals surface area contributed by atoms with Gasteiger partial charge in [0.2, 0.25) is 0 Å². The Balaban J connectivity index is 2.44. The molecule has 1 heterocycles. The van der Waals surface area contributed by atoms with Crippen molar-refractivity contribution < 1.29 is 19.0 Å². The van der Waals surface area contributed by atoms with E-state index in [9.17, 15) is 4.79 Å². The van der Waals surface area contributed by atoms with Crippen molar-refractivity contribution >= 4 is 23.6 Å². The van der Waals surface area contributed by atoms with E-state index < -0.39 is 5.60 Å². The molecule has 1 atom stereocenters. The second-order valence-electron chi connectivity index (χ2n) is 4.95.